The third kappa shape index (κ3) is 7.88. The highest BCUT2D eigenvalue weighted by atomic mass is 127. The van der Waals surface area contributed by atoms with Crippen LogP contribution < -0.4 is 20.1 Å². The van der Waals surface area contributed by atoms with E-state index in [2.05, 4.69) is 34.6 Å². The molecule has 0 amide bonds. The van der Waals surface area contributed by atoms with Crippen molar-refractivity contribution in [1.82, 2.24) is 15.8 Å². The first-order valence-electron chi connectivity index (χ1n) is 10.4. The van der Waals surface area contributed by atoms with Gasteiger partial charge in [0.2, 0.25) is 0 Å². The number of ether oxygens (including phenoxy) is 2. The molecule has 2 rings (SSSR count). The van der Waals surface area contributed by atoms with Gasteiger partial charge in [0.25, 0.3) is 0 Å². The van der Waals surface area contributed by atoms with Crippen LogP contribution in [0.3, 0.4) is 0 Å². The molecule has 9 heteroatoms. The van der Waals surface area contributed by atoms with Crippen LogP contribution in [0.2, 0.25) is 0 Å². The van der Waals surface area contributed by atoms with E-state index in [0.29, 0.717) is 36.5 Å². The van der Waals surface area contributed by atoms with E-state index in [1.54, 1.807) is 26.4 Å². The summed E-state index contributed by atoms with van der Waals surface area (Å²) in [5, 5.41) is 21.1. The Morgan fingerprint density at radius 1 is 1.10 bits per heavy atom. The minimum Gasteiger partial charge on any atom is -0.493 e. The molecule has 1 unspecified atom stereocenters. The van der Waals surface area contributed by atoms with Gasteiger partial charge >= 0.3 is 0 Å². The number of aliphatic hydroxyl groups excluding tert-OH is 1. The maximum atomic E-state index is 10.6. The number of aliphatic imine (C=N–C) groups is 1. The molecule has 0 saturated carbocycles. The summed E-state index contributed by atoms with van der Waals surface area (Å²) in [6.07, 6.45) is 1.33. The smallest absolute Gasteiger partial charge is 0.191 e. The quantitative estimate of drug-likeness (QED) is 0.223. The van der Waals surface area contributed by atoms with Gasteiger partial charge < -0.3 is 29.7 Å². The minimum absolute atomic E-state index is 0. The SMILES string of the molecule is CCNC(=NCc1cc(C(CC)CC)no1)NCC(O)c1ccc(OC)c(OC)c1.I. The van der Waals surface area contributed by atoms with Gasteiger partial charge in [0.1, 0.15) is 6.54 Å². The second-order valence-corrected chi connectivity index (χ2v) is 6.94. The highest BCUT2D eigenvalue weighted by Gasteiger charge is 2.14. The van der Waals surface area contributed by atoms with Crippen molar-refractivity contribution in [3.05, 3.63) is 41.3 Å². The molecule has 3 N–H and O–H groups in total. The van der Waals surface area contributed by atoms with Gasteiger partial charge in [-0.15, -0.1) is 24.0 Å². The number of nitrogens with zero attached hydrogens (tertiary/aromatic N) is 2. The number of benzene rings is 1. The fourth-order valence-electron chi connectivity index (χ4n) is 3.17. The summed E-state index contributed by atoms with van der Waals surface area (Å²) in [6, 6.07) is 7.33. The monoisotopic (exact) mass is 546 g/mol. The van der Waals surface area contributed by atoms with Gasteiger partial charge in [0.15, 0.2) is 23.2 Å². The largest absolute Gasteiger partial charge is 0.493 e. The van der Waals surface area contributed by atoms with Crippen LogP contribution in [0.4, 0.5) is 0 Å². The van der Waals surface area contributed by atoms with E-state index >= 15 is 0 Å². The lowest BCUT2D eigenvalue weighted by Crippen LogP contribution is -2.39. The van der Waals surface area contributed by atoms with Crippen molar-refractivity contribution in [2.75, 3.05) is 27.3 Å². The minimum atomic E-state index is -0.736. The van der Waals surface area contributed by atoms with E-state index in [0.717, 1.165) is 29.9 Å². The molecule has 0 aliphatic carbocycles. The number of guanidine groups is 1. The molecule has 1 atom stereocenters. The van der Waals surface area contributed by atoms with Crippen molar-refractivity contribution in [3.63, 3.8) is 0 Å². The maximum Gasteiger partial charge on any atom is 0.191 e. The topological polar surface area (TPSA) is 101 Å². The van der Waals surface area contributed by atoms with Gasteiger partial charge in [-0.3, -0.25) is 0 Å². The zero-order valence-corrected chi connectivity index (χ0v) is 21.3. The van der Waals surface area contributed by atoms with Crippen LogP contribution in [0.1, 0.15) is 62.7 Å². The van der Waals surface area contributed by atoms with Crippen LogP contribution in [0.5, 0.6) is 11.5 Å². The van der Waals surface area contributed by atoms with Crippen LogP contribution in [0, 0.1) is 0 Å². The van der Waals surface area contributed by atoms with Crippen LogP contribution in [-0.4, -0.2) is 43.5 Å². The lowest BCUT2D eigenvalue weighted by molar-refractivity contribution is 0.180. The standard InChI is InChI=1S/C22H34N4O4.HI/c1-6-15(7-2)18-12-17(30-26-18)13-24-22(23-8-3)25-14-19(27)16-9-10-20(28-4)21(11-16)29-5;/h9-12,15,19,27H,6-8,13-14H2,1-5H3,(H2,23,24,25);1H. The Labute approximate surface area is 201 Å². The Bertz CT molecular complexity index is 809. The second kappa shape index (κ2) is 14.1. The Balaban J connectivity index is 0.00000480. The number of hydrogen-bond acceptors (Lipinski definition) is 6. The van der Waals surface area contributed by atoms with Crippen LogP contribution >= 0.6 is 24.0 Å². The lowest BCUT2D eigenvalue weighted by Gasteiger charge is -2.17. The van der Waals surface area contributed by atoms with Crippen LogP contribution in [0.15, 0.2) is 33.8 Å². The van der Waals surface area contributed by atoms with Crippen LogP contribution in [0.25, 0.3) is 0 Å². The Morgan fingerprint density at radius 2 is 1.81 bits per heavy atom. The summed E-state index contributed by atoms with van der Waals surface area (Å²) in [6.45, 7) is 7.65. The molecule has 0 fully saturated rings. The third-order valence-electron chi connectivity index (χ3n) is 4.97. The fourth-order valence-corrected chi connectivity index (χ4v) is 3.17. The first-order valence-corrected chi connectivity index (χ1v) is 10.4. The fraction of sp³-hybridized carbons (Fsp3) is 0.545. The molecule has 174 valence electrons. The summed E-state index contributed by atoms with van der Waals surface area (Å²) in [7, 11) is 3.15. The lowest BCUT2D eigenvalue weighted by atomic mass is 9.99. The van der Waals surface area contributed by atoms with Crippen molar-refractivity contribution in [2.24, 2.45) is 4.99 Å². The first-order chi connectivity index (χ1) is 14.6. The first kappa shape index (κ1) is 27.0. The summed E-state index contributed by atoms with van der Waals surface area (Å²) in [4.78, 5) is 4.54. The van der Waals surface area contributed by atoms with E-state index in [4.69, 9.17) is 14.0 Å². The van der Waals surface area contributed by atoms with Gasteiger partial charge in [-0.25, -0.2) is 4.99 Å². The van der Waals surface area contributed by atoms with E-state index in [-0.39, 0.29) is 30.5 Å². The molecule has 1 aromatic carbocycles. The molecule has 1 heterocycles. The molecule has 2 aromatic rings. The molecule has 8 nitrogen and oxygen atoms in total. The number of nitrogens with one attached hydrogen (secondary N) is 2. The second-order valence-electron chi connectivity index (χ2n) is 6.94. The number of halogens is 1. The number of aliphatic hydroxyl groups is 1. The number of methoxy groups -OCH3 is 2. The molecule has 0 bridgehead atoms. The molecule has 0 aliphatic heterocycles. The van der Waals surface area contributed by atoms with Crippen molar-refractivity contribution in [1.29, 1.82) is 0 Å². The Hall–Kier alpha value is -2.01. The van der Waals surface area contributed by atoms with E-state index in [1.165, 1.54) is 0 Å². The van der Waals surface area contributed by atoms with Gasteiger partial charge in [-0.1, -0.05) is 25.1 Å². The molecule has 0 radical (unpaired) electrons. The van der Waals surface area contributed by atoms with Crippen LogP contribution in [-0.2, 0) is 6.54 Å². The Morgan fingerprint density at radius 3 is 2.42 bits per heavy atom. The normalized spacial score (nSPS) is 12.3. The van der Waals surface area contributed by atoms with E-state index in [1.807, 2.05) is 19.1 Å². The molecular formula is C22H35IN4O4. The average Bonchev–Trinajstić information content (AvgIpc) is 3.24. The molecule has 0 saturated heterocycles. The van der Waals surface area contributed by atoms with Gasteiger partial charge in [-0.2, -0.15) is 0 Å². The number of hydrogen-bond donors (Lipinski definition) is 3. The summed E-state index contributed by atoms with van der Waals surface area (Å²) in [5.74, 6) is 2.92. The third-order valence-corrected chi connectivity index (χ3v) is 4.97. The number of rotatable bonds is 11. The Kier molecular flexibility index (Phi) is 12.3. The predicted molar refractivity (Wildman–Crippen MR) is 133 cm³/mol. The average molecular weight is 546 g/mol. The zero-order valence-electron chi connectivity index (χ0n) is 19.0. The maximum absolute atomic E-state index is 10.6. The number of aromatic nitrogens is 1. The van der Waals surface area contributed by atoms with E-state index < -0.39 is 6.10 Å². The summed E-state index contributed by atoms with van der Waals surface area (Å²) in [5.41, 5.74) is 1.70. The highest BCUT2D eigenvalue weighted by molar-refractivity contribution is 14.0. The van der Waals surface area contributed by atoms with Gasteiger partial charge in [-0.05, 0) is 37.5 Å². The zero-order chi connectivity index (χ0) is 21.9. The van der Waals surface area contributed by atoms with Gasteiger partial charge in [0.05, 0.1) is 26.0 Å². The van der Waals surface area contributed by atoms with Gasteiger partial charge in [0, 0.05) is 25.1 Å². The van der Waals surface area contributed by atoms with Crippen molar-refractivity contribution in [2.45, 2.75) is 52.2 Å². The summed E-state index contributed by atoms with van der Waals surface area (Å²) >= 11 is 0. The molecule has 1 aromatic heterocycles. The molecule has 0 spiro atoms. The van der Waals surface area contributed by atoms with Crippen molar-refractivity contribution >= 4 is 29.9 Å². The van der Waals surface area contributed by atoms with Crippen molar-refractivity contribution in [3.8, 4) is 11.5 Å². The molecule has 0 aliphatic rings. The van der Waals surface area contributed by atoms with Crippen molar-refractivity contribution < 1.29 is 19.1 Å². The summed E-state index contributed by atoms with van der Waals surface area (Å²) < 4.78 is 16.0. The highest BCUT2D eigenvalue weighted by Crippen LogP contribution is 2.29. The molecular weight excluding hydrogens is 511 g/mol. The molecule has 31 heavy (non-hydrogen) atoms. The predicted octanol–water partition coefficient (Wildman–Crippen LogP) is 4.00. The van der Waals surface area contributed by atoms with E-state index in [9.17, 15) is 5.11 Å².